The van der Waals surface area contributed by atoms with Gasteiger partial charge in [0.1, 0.15) is 0 Å². The summed E-state index contributed by atoms with van der Waals surface area (Å²) >= 11 is 0. The fraction of sp³-hybridized carbons (Fsp3) is 0.588. The minimum atomic E-state index is 0.245. The number of carbonyl (C=O) groups is 1. The molecule has 4 heteroatoms. The number of piperazine rings is 1. The fourth-order valence-corrected chi connectivity index (χ4v) is 3.36. The van der Waals surface area contributed by atoms with E-state index in [1.807, 2.05) is 15.9 Å². The molecule has 0 N–H and O–H groups in total. The van der Waals surface area contributed by atoms with Crippen LogP contribution in [0.15, 0.2) is 30.3 Å². The van der Waals surface area contributed by atoms with Crippen LogP contribution in [-0.4, -0.2) is 55.1 Å². The highest BCUT2D eigenvalue weighted by Crippen LogP contribution is 2.19. The second-order valence-electron chi connectivity index (χ2n) is 6.29. The summed E-state index contributed by atoms with van der Waals surface area (Å²) in [6.07, 6.45) is 2.41. The lowest BCUT2D eigenvalue weighted by Gasteiger charge is -2.40. The number of urea groups is 1. The lowest BCUT2D eigenvalue weighted by Crippen LogP contribution is -2.54. The highest BCUT2D eigenvalue weighted by atomic mass is 16.2. The first-order valence-electron chi connectivity index (χ1n) is 8.08. The minimum absolute atomic E-state index is 0.245. The lowest BCUT2D eigenvalue weighted by molar-refractivity contribution is 0.129. The normalized spacial score (nSPS) is 23.3. The molecular weight excluding hydrogens is 262 g/mol. The molecule has 2 heterocycles. The summed E-state index contributed by atoms with van der Waals surface area (Å²) in [4.78, 5) is 19.0. The Labute approximate surface area is 127 Å². The van der Waals surface area contributed by atoms with E-state index in [0.717, 1.165) is 45.7 Å². The number of nitrogens with zero attached hydrogens (tertiary/aromatic N) is 3. The summed E-state index contributed by atoms with van der Waals surface area (Å²) in [7, 11) is 0. The van der Waals surface area contributed by atoms with E-state index in [9.17, 15) is 4.79 Å². The maximum atomic E-state index is 12.6. The molecule has 1 aromatic rings. The van der Waals surface area contributed by atoms with Crippen LogP contribution in [0.25, 0.3) is 0 Å². The van der Waals surface area contributed by atoms with Gasteiger partial charge < -0.3 is 14.7 Å². The second-order valence-corrected chi connectivity index (χ2v) is 6.29. The topological polar surface area (TPSA) is 26.8 Å². The van der Waals surface area contributed by atoms with Crippen LogP contribution in [0.2, 0.25) is 0 Å². The molecule has 2 aliphatic rings. The van der Waals surface area contributed by atoms with E-state index in [1.54, 1.807) is 0 Å². The molecule has 3 rings (SSSR count). The van der Waals surface area contributed by atoms with E-state index in [4.69, 9.17) is 0 Å². The van der Waals surface area contributed by atoms with Crippen molar-refractivity contribution < 1.29 is 4.79 Å². The lowest BCUT2D eigenvalue weighted by atomic mass is 10.0. The molecule has 1 aromatic carbocycles. The Kier molecular flexibility index (Phi) is 4.32. The molecule has 0 spiro atoms. The molecule has 1 unspecified atom stereocenters. The Hall–Kier alpha value is -1.71. The smallest absolute Gasteiger partial charge is 0.320 e. The van der Waals surface area contributed by atoms with Crippen molar-refractivity contribution >= 4 is 11.7 Å². The quantitative estimate of drug-likeness (QED) is 0.794. The molecule has 4 nitrogen and oxygen atoms in total. The third-order valence-corrected chi connectivity index (χ3v) is 4.60. The molecule has 0 aromatic heterocycles. The number of hydrogen-bond donors (Lipinski definition) is 0. The van der Waals surface area contributed by atoms with E-state index in [-0.39, 0.29) is 6.03 Å². The Morgan fingerprint density at radius 1 is 1.00 bits per heavy atom. The third-order valence-electron chi connectivity index (χ3n) is 4.60. The minimum Gasteiger partial charge on any atom is -0.368 e. The summed E-state index contributed by atoms with van der Waals surface area (Å²) in [6.45, 7) is 7.63. The molecule has 0 saturated carbocycles. The second kappa shape index (κ2) is 6.37. The number of anilines is 1. The number of carbonyl (C=O) groups excluding carboxylic acids is 1. The van der Waals surface area contributed by atoms with Crippen molar-refractivity contribution in [2.45, 2.75) is 19.8 Å². The number of piperidine rings is 1. The van der Waals surface area contributed by atoms with Gasteiger partial charge in [-0.1, -0.05) is 25.1 Å². The molecule has 0 radical (unpaired) electrons. The van der Waals surface area contributed by atoms with Gasteiger partial charge in [0.15, 0.2) is 0 Å². The van der Waals surface area contributed by atoms with Gasteiger partial charge in [0, 0.05) is 45.0 Å². The first kappa shape index (κ1) is 14.2. The van der Waals surface area contributed by atoms with Gasteiger partial charge in [0.2, 0.25) is 0 Å². The first-order valence-corrected chi connectivity index (χ1v) is 8.08. The molecule has 21 heavy (non-hydrogen) atoms. The molecule has 2 fully saturated rings. The van der Waals surface area contributed by atoms with E-state index in [2.05, 4.69) is 36.1 Å². The molecule has 1 atom stereocenters. The Balaban J connectivity index is 1.54. The summed E-state index contributed by atoms with van der Waals surface area (Å²) in [6, 6.07) is 10.7. The van der Waals surface area contributed by atoms with E-state index in [1.165, 1.54) is 12.1 Å². The van der Waals surface area contributed by atoms with Gasteiger partial charge in [0.05, 0.1) is 0 Å². The zero-order chi connectivity index (χ0) is 14.7. The van der Waals surface area contributed by atoms with E-state index >= 15 is 0 Å². The van der Waals surface area contributed by atoms with Gasteiger partial charge in [-0.25, -0.2) is 4.79 Å². The SMILES string of the molecule is CC1CCCN(C(=O)N2CCN(c3ccccc3)CC2)C1. The molecule has 0 bridgehead atoms. The maximum absolute atomic E-state index is 12.6. The summed E-state index contributed by atoms with van der Waals surface area (Å²) in [5.41, 5.74) is 1.26. The number of rotatable bonds is 1. The van der Waals surface area contributed by atoms with Crippen molar-refractivity contribution in [1.29, 1.82) is 0 Å². The Morgan fingerprint density at radius 2 is 1.71 bits per heavy atom. The van der Waals surface area contributed by atoms with Crippen molar-refractivity contribution in [3.63, 3.8) is 0 Å². The number of likely N-dealkylation sites (tertiary alicyclic amines) is 1. The number of benzene rings is 1. The first-order chi connectivity index (χ1) is 10.2. The number of hydrogen-bond acceptors (Lipinski definition) is 2. The molecule has 2 aliphatic heterocycles. The monoisotopic (exact) mass is 287 g/mol. The predicted octanol–water partition coefficient (Wildman–Crippen LogP) is 2.66. The average Bonchev–Trinajstić information content (AvgIpc) is 2.55. The highest BCUT2D eigenvalue weighted by molar-refractivity contribution is 5.75. The predicted molar refractivity (Wildman–Crippen MR) is 85.6 cm³/mol. The van der Waals surface area contributed by atoms with Gasteiger partial charge in [-0.15, -0.1) is 0 Å². The summed E-state index contributed by atoms with van der Waals surface area (Å²) in [5, 5.41) is 0. The van der Waals surface area contributed by atoms with Crippen LogP contribution in [0.5, 0.6) is 0 Å². The van der Waals surface area contributed by atoms with Crippen LogP contribution in [0.3, 0.4) is 0 Å². The van der Waals surface area contributed by atoms with Gasteiger partial charge >= 0.3 is 6.03 Å². The zero-order valence-corrected chi connectivity index (χ0v) is 12.9. The highest BCUT2D eigenvalue weighted by Gasteiger charge is 2.27. The van der Waals surface area contributed by atoms with Crippen molar-refractivity contribution in [2.24, 2.45) is 5.92 Å². The molecule has 114 valence electrons. The standard InChI is InChI=1S/C17H25N3O/c1-15-6-5-9-20(14-15)17(21)19-12-10-18(11-13-19)16-7-3-2-4-8-16/h2-4,7-8,15H,5-6,9-14H2,1H3. The molecule has 0 aliphatic carbocycles. The molecule has 2 saturated heterocycles. The van der Waals surface area contributed by atoms with E-state index < -0.39 is 0 Å². The third kappa shape index (κ3) is 3.31. The van der Waals surface area contributed by atoms with Crippen LogP contribution in [-0.2, 0) is 0 Å². The molecule has 2 amide bonds. The van der Waals surface area contributed by atoms with Crippen LogP contribution in [0, 0.1) is 5.92 Å². The van der Waals surface area contributed by atoms with Gasteiger partial charge in [-0.3, -0.25) is 0 Å². The average molecular weight is 287 g/mol. The molecular formula is C17H25N3O. The van der Waals surface area contributed by atoms with E-state index in [0.29, 0.717) is 5.92 Å². The number of para-hydroxylation sites is 1. The van der Waals surface area contributed by atoms with Gasteiger partial charge in [-0.05, 0) is 30.9 Å². The van der Waals surface area contributed by atoms with Crippen LogP contribution in [0.4, 0.5) is 10.5 Å². The van der Waals surface area contributed by atoms with Crippen molar-refractivity contribution in [3.8, 4) is 0 Å². The summed E-state index contributed by atoms with van der Waals surface area (Å²) < 4.78 is 0. The fourth-order valence-electron chi connectivity index (χ4n) is 3.36. The maximum Gasteiger partial charge on any atom is 0.320 e. The summed E-state index contributed by atoms with van der Waals surface area (Å²) in [5.74, 6) is 0.647. The van der Waals surface area contributed by atoms with Crippen LogP contribution < -0.4 is 4.90 Å². The Morgan fingerprint density at radius 3 is 2.38 bits per heavy atom. The van der Waals surface area contributed by atoms with Crippen molar-refractivity contribution in [3.05, 3.63) is 30.3 Å². The largest absolute Gasteiger partial charge is 0.368 e. The van der Waals surface area contributed by atoms with Crippen LogP contribution >= 0.6 is 0 Å². The number of amides is 2. The van der Waals surface area contributed by atoms with Crippen molar-refractivity contribution in [1.82, 2.24) is 9.80 Å². The Bertz CT molecular complexity index is 468. The zero-order valence-electron chi connectivity index (χ0n) is 12.9. The van der Waals surface area contributed by atoms with Crippen LogP contribution in [0.1, 0.15) is 19.8 Å². The van der Waals surface area contributed by atoms with Gasteiger partial charge in [0.25, 0.3) is 0 Å². The van der Waals surface area contributed by atoms with Crippen molar-refractivity contribution in [2.75, 3.05) is 44.2 Å². The van der Waals surface area contributed by atoms with Gasteiger partial charge in [-0.2, -0.15) is 0 Å².